The average molecular weight is 561 g/mol. The number of carbonyl (C=O) groups is 1. The van der Waals surface area contributed by atoms with Gasteiger partial charge in [0.1, 0.15) is 18.0 Å². The third kappa shape index (κ3) is 6.99. The number of hydrogen-bond donors (Lipinski definition) is 1. The van der Waals surface area contributed by atoms with E-state index >= 15 is 0 Å². The van der Waals surface area contributed by atoms with Crippen LogP contribution in [-0.4, -0.2) is 34.1 Å². The van der Waals surface area contributed by atoms with Crippen molar-refractivity contribution in [3.63, 3.8) is 0 Å². The summed E-state index contributed by atoms with van der Waals surface area (Å²) in [4.78, 5) is 13.1. The molecular weight excluding hydrogens is 532 g/mol. The minimum absolute atomic E-state index is 0.0851. The standard InChI is InChI=1S/C26H29BrN2O5S/c1-4-33-23-12-6-20(7-13-23)19(3)28-26(30)18-29(22-10-14-24(15-11-22)34-5-2)35(31,32)25-16-8-21(27)9-17-25/h6-17,19H,4-5,18H2,1-3H3,(H,28,30)/t19-/m1/s1. The molecule has 186 valence electrons. The van der Waals surface area contributed by atoms with E-state index in [9.17, 15) is 13.2 Å². The molecule has 3 aromatic rings. The molecule has 35 heavy (non-hydrogen) atoms. The molecule has 3 rings (SSSR count). The normalized spacial score (nSPS) is 12.0. The fraction of sp³-hybridized carbons (Fsp3) is 0.269. The lowest BCUT2D eigenvalue weighted by atomic mass is 10.1. The summed E-state index contributed by atoms with van der Waals surface area (Å²) in [6, 6.07) is 20.0. The predicted molar refractivity (Wildman–Crippen MR) is 140 cm³/mol. The molecule has 0 heterocycles. The third-order valence-corrected chi connectivity index (χ3v) is 7.51. The monoisotopic (exact) mass is 560 g/mol. The van der Waals surface area contributed by atoms with Crippen molar-refractivity contribution in [3.8, 4) is 11.5 Å². The predicted octanol–water partition coefficient (Wildman–Crippen LogP) is 5.32. The molecule has 0 bridgehead atoms. The first kappa shape index (κ1) is 26.6. The van der Waals surface area contributed by atoms with Gasteiger partial charge >= 0.3 is 0 Å². The Morgan fingerprint density at radius 3 is 1.91 bits per heavy atom. The quantitative estimate of drug-likeness (QED) is 0.343. The maximum Gasteiger partial charge on any atom is 0.264 e. The Labute approximate surface area is 215 Å². The van der Waals surface area contributed by atoms with Gasteiger partial charge in [-0.15, -0.1) is 0 Å². The van der Waals surface area contributed by atoms with Crippen LogP contribution in [-0.2, 0) is 14.8 Å². The number of sulfonamides is 1. The van der Waals surface area contributed by atoms with Gasteiger partial charge in [-0.3, -0.25) is 9.10 Å². The Kier molecular flexibility index (Phi) is 9.17. The van der Waals surface area contributed by atoms with Crippen LogP contribution in [0.5, 0.6) is 11.5 Å². The van der Waals surface area contributed by atoms with Gasteiger partial charge in [0.25, 0.3) is 10.0 Å². The molecular formula is C26H29BrN2O5S. The fourth-order valence-corrected chi connectivity index (χ4v) is 5.13. The minimum Gasteiger partial charge on any atom is -0.494 e. The smallest absolute Gasteiger partial charge is 0.264 e. The zero-order valence-electron chi connectivity index (χ0n) is 19.9. The first-order valence-corrected chi connectivity index (χ1v) is 13.5. The Morgan fingerprint density at radius 1 is 0.886 bits per heavy atom. The van der Waals surface area contributed by atoms with Gasteiger partial charge in [0, 0.05) is 4.47 Å². The summed E-state index contributed by atoms with van der Waals surface area (Å²) in [6.45, 7) is 6.31. The molecule has 0 aliphatic heterocycles. The molecule has 1 amide bonds. The summed E-state index contributed by atoms with van der Waals surface area (Å²) < 4.78 is 39.9. The number of amides is 1. The van der Waals surface area contributed by atoms with Crippen molar-refractivity contribution in [1.82, 2.24) is 5.32 Å². The molecule has 0 saturated heterocycles. The van der Waals surface area contributed by atoms with E-state index in [1.165, 1.54) is 12.1 Å². The molecule has 0 fully saturated rings. The highest BCUT2D eigenvalue weighted by atomic mass is 79.9. The molecule has 0 aromatic heterocycles. The summed E-state index contributed by atoms with van der Waals surface area (Å²) in [5.74, 6) is 0.934. The van der Waals surface area contributed by atoms with E-state index in [1.54, 1.807) is 36.4 Å². The number of nitrogens with one attached hydrogen (secondary N) is 1. The molecule has 0 unspecified atom stereocenters. The molecule has 1 N–H and O–H groups in total. The largest absolute Gasteiger partial charge is 0.494 e. The second kappa shape index (κ2) is 12.1. The summed E-state index contributed by atoms with van der Waals surface area (Å²) in [5.41, 5.74) is 1.24. The molecule has 1 atom stereocenters. The van der Waals surface area contributed by atoms with Gasteiger partial charge in [0.05, 0.1) is 29.8 Å². The fourth-order valence-electron chi connectivity index (χ4n) is 3.44. The number of nitrogens with zero attached hydrogens (tertiary/aromatic N) is 1. The molecule has 0 saturated carbocycles. The molecule has 0 aliphatic rings. The van der Waals surface area contributed by atoms with Crippen molar-refractivity contribution >= 4 is 37.5 Å². The first-order valence-electron chi connectivity index (χ1n) is 11.3. The van der Waals surface area contributed by atoms with Gasteiger partial charge in [0.15, 0.2) is 0 Å². The van der Waals surface area contributed by atoms with E-state index in [4.69, 9.17) is 9.47 Å². The molecule has 9 heteroatoms. The van der Waals surface area contributed by atoms with Crippen molar-refractivity contribution in [3.05, 3.63) is 82.8 Å². The van der Waals surface area contributed by atoms with Gasteiger partial charge in [-0.1, -0.05) is 28.1 Å². The second-order valence-corrected chi connectivity index (χ2v) is 10.5. The van der Waals surface area contributed by atoms with Gasteiger partial charge in [0.2, 0.25) is 5.91 Å². The van der Waals surface area contributed by atoms with Crippen molar-refractivity contribution in [2.75, 3.05) is 24.1 Å². The molecule has 0 spiro atoms. The highest BCUT2D eigenvalue weighted by molar-refractivity contribution is 9.10. The van der Waals surface area contributed by atoms with Crippen LogP contribution >= 0.6 is 15.9 Å². The van der Waals surface area contributed by atoms with Crippen molar-refractivity contribution in [2.24, 2.45) is 0 Å². The Balaban J connectivity index is 1.84. The van der Waals surface area contributed by atoms with E-state index < -0.39 is 15.9 Å². The van der Waals surface area contributed by atoms with E-state index in [0.29, 0.717) is 24.7 Å². The lowest BCUT2D eigenvalue weighted by molar-refractivity contribution is -0.120. The summed E-state index contributed by atoms with van der Waals surface area (Å²) in [6.07, 6.45) is 0. The number of halogens is 1. The maximum atomic E-state index is 13.5. The SMILES string of the molecule is CCOc1ccc([C@@H](C)NC(=O)CN(c2ccc(OCC)cc2)S(=O)(=O)c2ccc(Br)cc2)cc1. The van der Waals surface area contributed by atoms with Crippen LogP contribution in [0.1, 0.15) is 32.4 Å². The number of carbonyl (C=O) groups excluding carboxylic acids is 1. The van der Waals surface area contributed by atoms with Crippen LogP contribution in [0.25, 0.3) is 0 Å². The summed E-state index contributed by atoms with van der Waals surface area (Å²) in [7, 11) is -4.01. The minimum atomic E-state index is -4.01. The van der Waals surface area contributed by atoms with Crippen LogP contribution in [0.15, 0.2) is 82.2 Å². The highest BCUT2D eigenvalue weighted by Gasteiger charge is 2.28. The number of ether oxygens (including phenoxy) is 2. The molecule has 7 nitrogen and oxygen atoms in total. The maximum absolute atomic E-state index is 13.5. The number of benzene rings is 3. The summed E-state index contributed by atoms with van der Waals surface area (Å²) in [5, 5.41) is 2.89. The van der Waals surface area contributed by atoms with Gasteiger partial charge < -0.3 is 14.8 Å². The molecule has 3 aromatic carbocycles. The zero-order chi connectivity index (χ0) is 25.4. The van der Waals surface area contributed by atoms with Crippen LogP contribution < -0.4 is 19.1 Å². The first-order chi connectivity index (χ1) is 16.7. The molecule has 0 radical (unpaired) electrons. The van der Waals surface area contributed by atoms with Crippen LogP contribution in [0.2, 0.25) is 0 Å². The van der Waals surface area contributed by atoms with Crippen molar-refractivity contribution < 1.29 is 22.7 Å². The number of anilines is 1. The Bertz CT molecular complexity index is 1210. The topological polar surface area (TPSA) is 84.9 Å². The Morgan fingerprint density at radius 2 is 1.40 bits per heavy atom. The lowest BCUT2D eigenvalue weighted by Crippen LogP contribution is -2.41. The lowest BCUT2D eigenvalue weighted by Gasteiger charge is -2.25. The Hall–Kier alpha value is -3.04. The zero-order valence-corrected chi connectivity index (χ0v) is 22.3. The number of rotatable bonds is 11. The van der Waals surface area contributed by atoms with Crippen LogP contribution in [0.3, 0.4) is 0 Å². The van der Waals surface area contributed by atoms with Gasteiger partial charge in [-0.25, -0.2) is 8.42 Å². The highest BCUT2D eigenvalue weighted by Crippen LogP contribution is 2.27. The average Bonchev–Trinajstić information content (AvgIpc) is 2.84. The van der Waals surface area contributed by atoms with Crippen molar-refractivity contribution in [1.29, 1.82) is 0 Å². The number of hydrogen-bond acceptors (Lipinski definition) is 5. The third-order valence-electron chi connectivity index (χ3n) is 5.19. The van der Waals surface area contributed by atoms with Gasteiger partial charge in [-0.2, -0.15) is 0 Å². The van der Waals surface area contributed by atoms with Crippen molar-refractivity contribution in [2.45, 2.75) is 31.7 Å². The second-order valence-electron chi connectivity index (χ2n) is 7.68. The molecule has 0 aliphatic carbocycles. The van der Waals surface area contributed by atoms with E-state index in [2.05, 4.69) is 21.2 Å². The van der Waals surface area contributed by atoms with Crippen LogP contribution in [0.4, 0.5) is 5.69 Å². The van der Waals surface area contributed by atoms with E-state index in [1.807, 2.05) is 45.0 Å². The van der Waals surface area contributed by atoms with E-state index in [-0.39, 0.29) is 17.5 Å². The van der Waals surface area contributed by atoms with Gasteiger partial charge in [-0.05, 0) is 87.0 Å². The van der Waals surface area contributed by atoms with E-state index in [0.717, 1.165) is 20.1 Å². The summed E-state index contributed by atoms with van der Waals surface area (Å²) >= 11 is 3.33. The van der Waals surface area contributed by atoms with Crippen LogP contribution in [0, 0.1) is 0 Å².